The third-order valence-electron chi connectivity index (χ3n) is 4.81. The number of halogens is 1. The summed E-state index contributed by atoms with van der Waals surface area (Å²) in [5, 5.41) is 3.22. The minimum absolute atomic E-state index is 0.0294. The number of morpholine rings is 1. The number of nitrogens with one attached hydrogen (secondary N) is 1. The molecule has 2 aliphatic rings. The number of primary amides is 1. The molecule has 122 valence electrons. The van der Waals surface area contributed by atoms with E-state index in [9.17, 15) is 9.18 Å². The van der Waals surface area contributed by atoms with Crippen molar-refractivity contribution in [1.29, 1.82) is 0 Å². The van der Waals surface area contributed by atoms with Crippen molar-refractivity contribution in [2.75, 3.05) is 33.3 Å². The fourth-order valence-electron chi connectivity index (χ4n) is 3.58. The quantitative estimate of drug-likeness (QED) is 0.809. The summed E-state index contributed by atoms with van der Waals surface area (Å²) < 4.78 is 19.1. The Bertz CT molecular complexity index is 335. The zero-order valence-electron chi connectivity index (χ0n) is 12.9. The van der Waals surface area contributed by atoms with Gasteiger partial charge in [0.1, 0.15) is 6.17 Å². The van der Waals surface area contributed by atoms with E-state index in [-0.39, 0.29) is 12.1 Å². The first kappa shape index (κ1) is 16.5. The van der Waals surface area contributed by atoms with Crippen molar-refractivity contribution in [3.05, 3.63) is 0 Å². The largest absolute Gasteiger partial charge is 0.374 e. The van der Waals surface area contributed by atoms with Crippen LogP contribution in [0.25, 0.3) is 0 Å². The van der Waals surface area contributed by atoms with Gasteiger partial charge in [0.25, 0.3) is 0 Å². The summed E-state index contributed by atoms with van der Waals surface area (Å²) in [6.07, 6.45) is 3.76. The van der Waals surface area contributed by atoms with Gasteiger partial charge in [-0.3, -0.25) is 0 Å². The Labute approximate surface area is 126 Å². The van der Waals surface area contributed by atoms with Crippen molar-refractivity contribution in [3.8, 4) is 0 Å². The summed E-state index contributed by atoms with van der Waals surface area (Å²) in [4.78, 5) is 13.0. The minimum Gasteiger partial charge on any atom is -0.374 e. The maximum absolute atomic E-state index is 13.2. The van der Waals surface area contributed by atoms with Crippen LogP contribution in [0.5, 0.6) is 0 Å². The molecule has 2 unspecified atom stereocenters. The molecule has 2 amide bonds. The molecule has 1 heterocycles. The van der Waals surface area contributed by atoms with Crippen molar-refractivity contribution in [3.63, 3.8) is 0 Å². The number of nitrogens with two attached hydrogens (primary N) is 1. The lowest BCUT2D eigenvalue weighted by Crippen LogP contribution is -2.51. The molecule has 6 heteroatoms. The van der Waals surface area contributed by atoms with Crippen LogP contribution in [0, 0.1) is 11.8 Å². The molecule has 0 aromatic heterocycles. The standard InChI is InChI=1S/C15H28FN3O2/c1-18-9-12(8-11-2-4-13(16)5-3-11)14-10-19(15(17)20)6-7-21-14/h11-14,18H,2-10H2,1H3,(H2,17,20). The number of rotatable bonds is 5. The van der Waals surface area contributed by atoms with Crippen LogP contribution in [0.3, 0.4) is 0 Å². The molecule has 1 aliphatic heterocycles. The second-order valence-electron chi connectivity index (χ2n) is 6.36. The molecular weight excluding hydrogens is 273 g/mol. The van der Waals surface area contributed by atoms with Crippen molar-refractivity contribution >= 4 is 6.03 Å². The molecule has 1 saturated carbocycles. The normalized spacial score (nSPS) is 31.9. The zero-order chi connectivity index (χ0) is 15.2. The van der Waals surface area contributed by atoms with Gasteiger partial charge in [-0.15, -0.1) is 0 Å². The third-order valence-corrected chi connectivity index (χ3v) is 4.81. The van der Waals surface area contributed by atoms with E-state index < -0.39 is 6.17 Å². The first-order valence-corrected chi connectivity index (χ1v) is 8.04. The molecule has 3 N–H and O–H groups in total. The number of ether oxygens (including phenoxy) is 1. The summed E-state index contributed by atoms with van der Waals surface area (Å²) in [7, 11) is 1.93. The molecule has 5 nitrogen and oxygen atoms in total. The molecule has 0 aromatic rings. The van der Waals surface area contributed by atoms with Crippen LogP contribution in [0.15, 0.2) is 0 Å². The molecule has 0 aromatic carbocycles. The lowest BCUT2D eigenvalue weighted by molar-refractivity contribution is -0.0496. The van der Waals surface area contributed by atoms with E-state index in [1.807, 2.05) is 7.05 Å². The Balaban J connectivity index is 1.89. The van der Waals surface area contributed by atoms with Gasteiger partial charge in [0.2, 0.25) is 0 Å². The lowest BCUT2D eigenvalue weighted by Gasteiger charge is -2.38. The number of carbonyl (C=O) groups is 1. The maximum Gasteiger partial charge on any atom is 0.314 e. The highest BCUT2D eigenvalue weighted by Gasteiger charge is 2.32. The van der Waals surface area contributed by atoms with Gasteiger partial charge in [-0.05, 0) is 51.0 Å². The molecule has 1 saturated heterocycles. The minimum atomic E-state index is -0.611. The van der Waals surface area contributed by atoms with Gasteiger partial charge in [0.05, 0.1) is 12.7 Å². The molecule has 2 atom stereocenters. The number of nitrogens with zero attached hydrogens (tertiary/aromatic N) is 1. The van der Waals surface area contributed by atoms with Crippen LogP contribution in [0.2, 0.25) is 0 Å². The Morgan fingerprint density at radius 1 is 1.43 bits per heavy atom. The van der Waals surface area contributed by atoms with Crippen LogP contribution in [-0.2, 0) is 4.74 Å². The summed E-state index contributed by atoms with van der Waals surface area (Å²) in [5.41, 5.74) is 5.38. The van der Waals surface area contributed by atoms with E-state index in [1.165, 1.54) is 0 Å². The molecule has 21 heavy (non-hydrogen) atoms. The molecule has 2 rings (SSSR count). The van der Waals surface area contributed by atoms with E-state index in [0.717, 1.165) is 25.8 Å². The van der Waals surface area contributed by atoms with Crippen LogP contribution in [0.4, 0.5) is 9.18 Å². The van der Waals surface area contributed by atoms with Gasteiger partial charge in [0, 0.05) is 19.6 Å². The number of urea groups is 1. The predicted molar refractivity (Wildman–Crippen MR) is 79.8 cm³/mol. The number of carbonyl (C=O) groups excluding carboxylic acids is 1. The lowest BCUT2D eigenvalue weighted by atomic mass is 9.80. The average Bonchev–Trinajstić information content (AvgIpc) is 2.49. The number of alkyl halides is 1. The van der Waals surface area contributed by atoms with Crippen molar-refractivity contribution < 1.29 is 13.9 Å². The van der Waals surface area contributed by atoms with E-state index >= 15 is 0 Å². The Hall–Kier alpha value is -0.880. The average molecular weight is 301 g/mol. The fourth-order valence-corrected chi connectivity index (χ4v) is 3.58. The number of amides is 2. The Morgan fingerprint density at radius 2 is 2.14 bits per heavy atom. The first-order chi connectivity index (χ1) is 10.1. The summed E-state index contributed by atoms with van der Waals surface area (Å²) in [5.74, 6) is 0.918. The van der Waals surface area contributed by atoms with E-state index in [0.29, 0.717) is 44.4 Å². The van der Waals surface area contributed by atoms with Crippen LogP contribution < -0.4 is 11.1 Å². The monoisotopic (exact) mass is 301 g/mol. The summed E-state index contributed by atoms with van der Waals surface area (Å²) >= 11 is 0. The van der Waals surface area contributed by atoms with Crippen molar-refractivity contribution in [2.24, 2.45) is 17.6 Å². The molecule has 0 bridgehead atoms. The highest BCUT2D eigenvalue weighted by Crippen LogP contribution is 2.32. The molecule has 0 spiro atoms. The number of hydrogen-bond acceptors (Lipinski definition) is 3. The van der Waals surface area contributed by atoms with Gasteiger partial charge < -0.3 is 20.7 Å². The van der Waals surface area contributed by atoms with Crippen molar-refractivity contribution in [1.82, 2.24) is 10.2 Å². The molecule has 1 aliphatic carbocycles. The maximum atomic E-state index is 13.2. The summed E-state index contributed by atoms with van der Waals surface area (Å²) in [6.45, 7) is 2.54. The van der Waals surface area contributed by atoms with Gasteiger partial charge in [-0.1, -0.05) is 0 Å². The van der Waals surface area contributed by atoms with Crippen molar-refractivity contribution in [2.45, 2.75) is 44.4 Å². The Kier molecular flexibility index (Phi) is 6.23. The van der Waals surface area contributed by atoms with E-state index in [4.69, 9.17) is 10.5 Å². The number of hydrogen-bond donors (Lipinski definition) is 2. The zero-order valence-corrected chi connectivity index (χ0v) is 12.9. The van der Waals surface area contributed by atoms with Gasteiger partial charge in [-0.2, -0.15) is 0 Å². The molecule has 0 radical (unpaired) electrons. The summed E-state index contributed by atoms with van der Waals surface area (Å²) in [6, 6.07) is -0.371. The fraction of sp³-hybridized carbons (Fsp3) is 0.933. The first-order valence-electron chi connectivity index (χ1n) is 8.04. The predicted octanol–water partition coefficient (Wildman–Crippen LogP) is 1.52. The smallest absolute Gasteiger partial charge is 0.314 e. The highest BCUT2D eigenvalue weighted by atomic mass is 19.1. The van der Waals surface area contributed by atoms with E-state index in [1.54, 1.807) is 4.90 Å². The van der Waals surface area contributed by atoms with Gasteiger partial charge >= 0.3 is 6.03 Å². The van der Waals surface area contributed by atoms with Gasteiger partial charge in [0.15, 0.2) is 0 Å². The highest BCUT2D eigenvalue weighted by molar-refractivity contribution is 5.72. The van der Waals surface area contributed by atoms with E-state index in [2.05, 4.69) is 5.32 Å². The van der Waals surface area contributed by atoms with Gasteiger partial charge in [-0.25, -0.2) is 9.18 Å². The molecule has 2 fully saturated rings. The van der Waals surface area contributed by atoms with Crippen LogP contribution in [0.1, 0.15) is 32.1 Å². The van der Waals surface area contributed by atoms with Crippen LogP contribution >= 0.6 is 0 Å². The molecular formula is C15H28FN3O2. The second kappa shape index (κ2) is 7.94. The second-order valence-corrected chi connectivity index (χ2v) is 6.36. The topological polar surface area (TPSA) is 67.6 Å². The Morgan fingerprint density at radius 3 is 2.76 bits per heavy atom. The third kappa shape index (κ3) is 4.81. The van der Waals surface area contributed by atoms with Crippen LogP contribution in [-0.4, -0.2) is 56.5 Å². The SMILES string of the molecule is CNCC(CC1CCC(F)CC1)C1CN(C(N)=O)CCO1.